The van der Waals surface area contributed by atoms with Crippen LogP contribution in [-0.4, -0.2) is 25.2 Å². The molecule has 1 unspecified atom stereocenters. The first-order valence-corrected chi connectivity index (χ1v) is 6.20. The van der Waals surface area contributed by atoms with Crippen molar-refractivity contribution < 1.29 is 9.47 Å². The number of nitrogens with two attached hydrogens (primary N) is 1. The molecule has 4 nitrogen and oxygen atoms in total. The number of benzene rings is 1. The molecule has 0 saturated heterocycles. The van der Waals surface area contributed by atoms with Gasteiger partial charge in [-0.2, -0.15) is 0 Å². The van der Waals surface area contributed by atoms with E-state index in [0.717, 1.165) is 17.1 Å². The third-order valence-corrected chi connectivity index (χ3v) is 2.94. The first-order chi connectivity index (χ1) is 9.33. The van der Waals surface area contributed by atoms with Crippen LogP contribution in [0.1, 0.15) is 11.5 Å². The van der Waals surface area contributed by atoms with Crippen molar-refractivity contribution in [3.8, 4) is 11.5 Å². The van der Waals surface area contributed by atoms with Gasteiger partial charge in [0.15, 0.2) is 0 Å². The average Bonchev–Trinajstić information content (AvgIpc) is 2.49. The van der Waals surface area contributed by atoms with Gasteiger partial charge in [0, 0.05) is 18.7 Å². The standard InChI is InChI=1S/C15H18N2O2/c1-18-14-5-2-4-12(8-14)13(9-16)11-19-15-6-3-7-17-10-15/h2-8,10,13H,9,11,16H2,1H3. The van der Waals surface area contributed by atoms with Crippen molar-refractivity contribution in [2.75, 3.05) is 20.3 Å². The zero-order valence-electron chi connectivity index (χ0n) is 11.0. The molecule has 0 fully saturated rings. The van der Waals surface area contributed by atoms with Gasteiger partial charge in [-0.25, -0.2) is 0 Å². The van der Waals surface area contributed by atoms with Crippen LogP contribution in [-0.2, 0) is 0 Å². The highest BCUT2D eigenvalue weighted by molar-refractivity contribution is 5.31. The van der Waals surface area contributed by atoms with Crippen molar-refractivity contribution in [1.29, 1.82) is 0 Å². The van der Waals surface area contributed by atoms with Crippen molar-refractivity contribution in [2.45, 2.75) is 5.92 Å². The van der Waals surface area contributed by atoms with E-state index in [2.05, 4.69) is 4.98 Å². The SMILES string of the molecule is COc1cccc(C(CN)COc2cccnc2)c1. The van der Waals surface area contributed by atoms with E-state index < -0.39 is 0 Å². The van der Waals surface area contributed by atoms with Gasteiger partial charge >= 0.3 is 0 Å². The molecular formula is C15H18N2O2. The second-order valence-electron chi connectivity index (χ2n) is 4.21. The summed E-state index contributed by atoms with van der Waals surface area (Å²) in [4.78, 5) is 4.01. The first kappa shape index (κ1) is 13.4. The summed E-state index contributed by atoms with van der Waals surface area (Å²) >= 11 is 0. The Balaban J connectivity index is 2.03. The van der Waals surface area contributed by atoms with Crippen molar-refractivity contribution in [3.63, 3.8) is 0 Å². The van der Waals surface area contributed by atoms with E-state index in [-0.39, 0.29) is 5.92 Å². The number of pyridine rings is 1. The predicted molar refractivity (Wildman–Crippen MR) is 74.5 cm³/mol. The Morgan fingerprint density at radius 3 is 2.74 bits per heavy atom. The Labute approximate surface area is 113 Å². The quantitative estimate of drug-likeness (QED) is 0.863. The molecule has 0 saturated carbocycles. The highest BCUT2D eigenvalue weighted by Crippen LogP contribution is 2.21. The molecular weight excluding hydrogens is 240 g/mol. The van der Waals surface area contributed by atoms with Crippen LogP contribution in [0.25, 0.3) is 0 Å². The molecule has 1 aromatic carbocycles. The van der Waals surface area contributed by atoms with Gasteiger partial charge in [0.1, 0.15) is 11.5 Å². The topological polar surface area (TPSA) is 57.4 Å². The zero-order chi connectivity index (χ0) is 13.5. The smallest absolute Gasteiger partial charge is 0.137 e. The highest BCUT2D eigenvalue weighted by atomic mass is 16.5. The van der Waals surface area contributed by atoms with Crippen LogP contribution >= 0.6 is 0 Å². The Bertz CT molecular complexity index is 503. The number of aromatic nitrogens is 1. The van der Waals surface area contributed by atoms with Crippen molar-refractivity contribution in [2.24, 2.45) is 5.73 Å². The molecule has 2 N–H and O–H groups in total. The Morgan fingerprint density at radius 1 is 1.21 bits per heavy atom. The number of hydrogen-bond donors (Lipinski definition) is 1. The molecule has 0 aliphatic carbocycles. The van der Waals surface area contributed by atoms with Crippen molar-refractivity contribution >= 4 is 0 Å². The van der Waals surface area contributed by atoms with Crippen molar-refractivity contribution in [3.05, 3.63) is 54.4 Å². The van der Waals surface area contributed by atoms with Crippen LogP contribution < -0.4 is 15.2 Å². The minimum Gasteiger partial charge on any atom is -0.497 e. The van der Waals surface area contributed by atoms with Crippen LogP contribution in [0.5, 0.6) is 11.5 Å². The molecule has 0 aliphatic heterocycles. The van der Waals surface area contributed by atoms with Crippen molar-refractivity contribution in [1.82, 2.24) is 4.98 Å². The van der Waals surface area contributed by atoms with Gasteiger partial charge in [0.25, 0.3) is 0 Å². The second kappa shape index (κ2) is 6.75. The molecule has 4 heteroatoms. The third-order valence-electron chi connectivity index (χ3n) is 2.94. The molecule has 0 bridgehead atoms. The van der Waals surface area contributed by atoms with E-state index in [1.807, 2.05) is 36.4 Å². The zero-order valence-corrected chi connectivity index (χ0v) is 11.0. The van der Waals surface area contributed by atoms with Crippen LogP contribution in [0.15, 0.2) is 48.8 Å². The Kier molecular flexibility index (Phi) is 4.75. The number of rotatable bonds is 6. The fourth-order valence-corrected chi connectivity index (χ4v) is 1.83. The summed E-state index contributed by atoms with van der Waals surface area (Å²) in [6.07, 6.45) is 3.41. The lowest BCUT2D eigenvalue weighted by atomic mass is 10.00. The molecule has 0 amide bonds. The molecule has 0 aliphatic rings. The van der Waals surface area contributed by atoms with Crippen LogP contribution in [0.2, 0.25) is 0 Å². The predicted octanol–water partition coefficient (Wildman–Crippen LogP) is 2.21. The lowest BCUT2D eigenvalue weighted by molar-refractivity contribution is 0.289. The largest absolute Gasteiger partial charge is 0.497 e. The molecule has 1 atom stereocenters. The van der Waals surface area contributed by atoms with Gasteiger partial charge < -0.3 is 15.2 Å². The summed E-state index contributed by atoms with van der Waals surface area (Å²) in [6, 6.07) is 11.6. The lowest BCUT2D eigenvalue weighted by Crippen LogP contribution is -2.19. The maximum absolute atomic E-state index is 5.82. The molecule has 0 radical (unpaired) electrons. The maximum Gasteiger partial charge on any atom is 0.137 e. The normalized spacial score (nSPS) is 11.9. The molecule has 2 rings (SSSR count). The van der Waals surface area contributed by atoms with E-state index in [1.54, 1.807) is 19.5 Å². The van der Waals surface area contributed by atoms with E-state index in [0.29, 0.717) is 13.2 Å². The third kappa shape index (κ3) is 3.69. The molecule has 100 valence electrons. The van der Waals surface area contributed by atoms with Crippen LogP contribution in [0.3, 0.4) is 0 Å². The monoisotopic (exact) mass is 258 g/mol. The fraction of sp³-hybridized carbons (Fsp3) is 0.267. The summed E-state index contributed by atoms with van der Waals surface area (Å²) in [7, 11) is 1.66. The van der Waals surface area contributed by atoms with E-state index >= 15 is 0 Å². The molecule has 1 heterocycles. The van der Waals surface area contributed by atoms with Crippen LogP contribution in [0, 0.1) is 0 Å². The van der Waals surface area contributed by atoms with Gasteiger partial charge in [-0.05, 0) is 29.8 Å². The minimum atomic E-state index is 0.135. The summed E-state index contributed by atoms with van der Waals surface area (Å²) in [5.41, 5.74) is 6.94. The van der Waals surface area contributed by atoms with Gasteiger partial charge in [-0.3, -0.25) is 4.98 Å². The summed E-state index contributed by atoms with van der Waals surface area (Å²) in [5.74, 6) is 1.72. The van der Waals surface area contributed by atoms with E-state index in [1.165, 1.54) is 0 Å². The number of nitrogens with zero attached hydrogens (tertiary/aromatic N) is 1. The average molecular weight is 258 g/mol. The first-order valence-electron chi connectivity index (χ1n) is 6.20. The Morgan fingerprint density at radius 2 is 2.05 bits per heavy atom. The Hall–Kier alpha value is -2.07. The van der Waals surface area contributed by atoms with Crippen LogP contribution in [0.4, 0.5) is 0 Å². The van der Waals surface area contributed by atoms with Gasteiger partial charge in [-0.1, -0.05) is 12.1 Å². The summed E-state index contributed by atoms with van der Waals surface area (Å²) < 4.78 is 10.9. The van der Waals surface area contributed by atoms with Gasteiger partial charge in [-0.15, -0.1) is 0 Å². The number of methoxy groups -OCH3 is 1. The molecule has 19 heavy (non-hydrogen) atoms. The summed E-state index contributed by atoms with van der Waals surface area (Å²) in [5, 5.41) is 0. The highest BCUT2D eigenvalue weighted by Gasteiger charge is 2.11. The van der Waals surface area contributed by atoms with E-state index in [4.69, 9.17) is 15.2 Å². The maximum atomic E-state index is 5.82. The van der Waals surface area contributed by atoms with Gasteiger partial charge in [0.2, 0.25) is 0 Å². The number of ether oxygens (including phenoxy) is 2. The minimum absolute atomic E-state index is 0.135. The molecule has 2 aromatic rings. The second-order valence-corrected chi connectivity index (χ2v) is 4.21. The molecule has 1 aromatic heterocycles. The fourth-order valence-electron chi connectivity index (χ4n) is 1.83. The lowest BCUT2D eigenvalue weighted by Gasteiger charge is -2.16. The van der Waals surface area contributed by atoms with E-state index in [9.17, 15) is 0 Å². The summed E-state index contributed by atoms with van der Waals surface area (Å²) in [6.45, 7) is 1.04. The molecule has 0 spiro atoms. The number of hydrogen-bond acceptors (Lipinski definition) is 4. The van der Waals surface area contributed by atoms with Gasteiger partial charge in [0.05, 0.1) is 19.9 Å².